The van der Waals surface area contributed by atoms with Crippen LogP contribution in [0.15, 0.2) is 28.9 Å². The zero-order chi connectivity index (χ0) is 26.8. The van der Waals surface area contributed by atoms with Gasteiger partial charge in [-0.1, -0.05) is 47.6 Å². The normalized spacial score (nSPS) is 12.4. The average molecular weight is 502 g/mol. The number of anilines is 1. The van der Waals surface area contributed by atoms with Gasteiger partial charge in [0.15, 0.2) is 8.32 Å². The molecule has 0 aliphatic carbocycles. The molecular formula is C27H39NO6Si. The molecule has 1 aromatic heterocycles. The molecule has 0 saturated heterocycles. The zero-order valence-electron chi connectivity index (χ0n) is 22.7. The molecule has 0 atom stereocenters. The summed E-state index contributed by atoms with van der Waals surface area (Å²) in [6, 6.07) is 5.27. The molecule has 7 nitrogen and oxygen atoms in total. The molecule has 0 aliphatic heterocycles. The molecule has 0 radical (unpaired) electrons. The molecule has 0 bridgehead atoms. The Morgan fingerprint density at radius 1 is 1.00 bits per heavy atom. The number of esters is 1. The van der Waals surface area contributed by atoms with E-state index in [1.807, 2.05) is 0 Å². The number of hydrogen-bond donors (Lipinski definition) is 1. The van der Waals surface area contributed by atoms with Gasteiger partial charge in [0.1, 0.15) is 11.5 Å². The Hall–Kier alpha value is -2.71. The third-order valence-corrected chi connectivity index (χ3v) is 10.9. The fraction of sp³-hybridized carbons (Fsp3) is 0.519. The number of ketones is 1. The van der Waals surface area contributed by atoms with Crippen LogP contribution >= 0.6 is 0 Å². The van der Waals surface area contributed by atoms with Gasteiger partial charge < -0.3 is 18.9 Å². The Morgan fingerprint density at radius 3 is 2.14 bits per heavy atom. The van der Waals surface area contributed by atoms with Gasteiger partial charge in [0, 0.05) is 17.4 Å². The maximum absolute atomic E-state index is 12.9. The van der Waals surface area contributed by atoms with Crippen LogP contribution < -0.4 is 5.32 Å². The Kier molecular flexibility index (Phi) is 8.56. The Bertz CT molecular complexity index is 1100. The Labute approximate surface area is 209 Å². The summed E-state index contributed by atoms with van der Waals surface area (Å²) in [6.45, 7) is 17.9. The fourth-order valence-electron chi connectivity index (χ4n) is 3.24. The number of nitrogens with one attached hydrogen (secondary N) is 1. The lowest BCUT2D eigenvalue weighted by molar-refractivity contribution is -0.123. The highest BCUT2D eigenvalue weighted by Gasteiger charge is 2.37. The smallest absolute Gasteiger partial charge is 0.340 e. The summed E-state index contributed by atoms with van der Waals surface area (Å²) in [5.41, 5.74) is 1.67. The van der Waals surface area contributed by atoms with Crippen molar-refractivity contribution in [2.24, 2.45) is 5.41 Å². The molecular weight excluding hydrogens is 462 g/mol. The van der Waals surface area contributed by atoms with Crippen molar-refractivity contribution in [1.82, 2.24) is 0 Å². The zero-order valence-corrected chi connectivity index (χ0v) is 23.7. The third kappa shape index (κ3) is 6.70. The van der Waals surface area contributed by atoms with Crippen LogP contribution in [0.2, 0.25) is 18.1 Å². The minimum absolute atomic E-state index is 0.00724. The van der Waals surface area contributed by atoms with Crippen molar-refractivity contribution < 1.29 is 28.0 Å². The van der Waals surface area contributed by atoms with E-state index in [1.54, 1.807) is 45.2 Å². The van der Waals surface area contributed by atoms with Gasteiger partial charge in [-0.2, -0.15) is 0 Å². The van der Waals surface area contributed by atoms with Crippen molar-refractivity contribution in [3.8, 4) is 11.1 Å². The minimum Gasteiger partial charge on any atom is -0.466 e. The molecule has 0 unspecified atom stereocenters. The predicted octanol–water partition coefficient (Wildman–Crippen LogP) is 6.37. The summed E-state index contributed by atoms with van der Waals surface area (Å²) in [6.07, 6.45) is 1.57. The van der Waals surface area contributed by atoms with E-state index in [0.29, 0.717) is 22.6 Å². The third-order valence-electron chi connectivity index (χ3n) is 6.46. The quantitative estimate of drug-likeness (QED) is 0.333. The van der Waals surface area contributed by atoms with E-state index in [1.165, 1.54) is 14.0 Å². The highest BCUT2D eigenvalue weighted by molar-refractivity contribution is 6.74. The average Bonchev–Trinajstić information content (AvgIpc) is 3.18. The van der Waals surface area contributed by atoms with Crippen molar-refractivity contribution in [1.29, 1.82) is 0 Å². The molecule has 1 amide bonds. The lowest BCUT2D eigenvalue weighted by Gasteiger charge is -2.35. The molecule has 35 heavy (non-hydrogen) atoms. The first kappa shape index (κ1) is 28.5. The number of ether oxygens (including phenoxy) is 1. The van der Waals surface area contributed by atoms with Crippen LogP contribution in [0.3, 0.4) is 0 Å². The van der Waals surface area contributed by atoms with Crippen molar-refractivity contribution in [3.05, 3.63) is 41.3 Å². The van der Waals surface area contributed by atoms with Gasteiger partial charge >= 0.3 is 5.97 Å². The Morgan fingerprint density at radius 2 is 1.63 bits per heavy atom. The standard InChI is InChI=1S/C27H39NO6Si/c1-17(29)15-20-18(19-13-14-33-22(19)16-34-35(9,10)27(5,6)7)11-12-21(23(20)24(30)32-8)28-25(31)26(2,3)4/h11-14H,15-16H2,1-10H3,(H,28,31). The molecule has 1 heterocycles. The molecule has 0 saturated carbocycles. The SMILES string of the molecule is COC(=O)c1c(NC(=O)C(C)(C)C)ccc(-c2ccoc2CO[Si](C)(C)C(C)(C)C)c1CC(C)=O. The van der Waals surface area contributed by atoms with E-state index in [9.17, 15) is 14.4 Å². The lowest BCUT2D eigenvalue weighted by Crippen LogP contribution is -2.40. The maximum atomic E-state index is 12.9. The molecule has 0 spiro atoms. The molecule has 1 aromatic carbocycles. The Balaban J connectivity index is 2.64. The summed E-state index contributed by atoms with van der Waals surface area (Å²) in [7, 11) is -0.764. The predicted molar refractivity (Wildman–Crippen MR) is 140 cm³/mol. The number of benzene rings is 1. The van der Waals surface area contributed by atoms with Gasteiger partial charge in [0.25, 0.3) is 0 Å². The number of hydrogen-bond acceptors (Lipinski definition) is 6. The van der Waals surface area contributed by atoms with Crippen LogP contribution in [0, 0.1) is 5.41 Å². The summed E-state index contributed by atoms with van der Waals surface area (Å²) in [5.74, 6) is -0.397. The highest BCUT2D eigenvalue weighted by Crippen LogP contribution is 2.39. The van der Waals surface area contributed by atoms with E-state index in [0.717, 1.165) is 5.56 Å². The van der Waals surface area contributed by atoms with Crippen molar-refractivity contribution in [3.63, 3.8) is 0 Å². The highest BCUT2D eigenvalue weighted by atomic mass is 28.4. The van der Waals surface area contributed by atoms with Crippen LogP contribution in [0.4, 0.5) is 5.69 Å². The van der Waals surface area contributed by atoms with Crippen LogP contribution in [0.25, 0.3) is 11.1 Å². The molecule has 2 rings (SSSR count). The van der Waals surface area contributed by atoms with Gasteiger partial charge in [0.2, 0.25) is 5.91 Å². The van der Waals surface area contributed by atoms with E-state index in [-0.39, 0.29) is 35.3 Å². The summed E-state index contributed by atoms with van der Waals surface area (Å²) in [5, 5.41) is 2.87. The molecule has 2 aromatic rings. The van der Waals surface area contributed by atoms with Crippen LogP contribution in [-0.2, 0) is 31.8 Å². The van der Waals surface area contributed by atoms with Gasteiger partial charge in [-0.15, -0.1) is 0 Å². The monoisotopic (exact) mass is 501 g/mol. The molecule has 0 aliphatic rings. The lowest BCUT2D eigenvalue weighted by atomic mass is 9.90. The number of carbonyl (C=O) groups excluding carboxylic acids is 3. The summed E-state index contributed by atoms with van der Waals surface area (Å²) >= 11 is 0. The van der Waals surface area contributed by atoms with E-state index in [2.05, 4.69) is 39.2 Å². The van der Waals surface area contributed by atoms with E-state index >= 15 is 0 Å². The molecule has 192 valence electrons. The molecule has 8 heteroatoms. The maximum Gasteiger partial charge on any atom is 0.340 e. The van der Waals surface area contributed by atoms with Gasteiger partial charge in [0.05, 0.1) is 31.2 Å². The second-order valence-corrected chi connectivity index (χ2v) is 16.2. The number of rotatable bonds is 8. The first-order valence-electron chi connectivity index (χ1n) is 11.8. The van der Waals surface area contributed by atoms with Crippen LogP contribution in [0.5, 0.6) is 0 Å². The van der Waals surface area contributed by atoms with Crippen molar-refractivity contribution in [2.75, 3.05) is 12.4 Å². The van der Waals surface area contributed by atoms with Gasteiger partial charge in [-0.05, 0) is 48.3 Å². The van der Waals surface area contributed by atoms with Crippen LogP contribution in [0.1, 0.15) is 70.1 Å². The topological polar surface area (TPSA) is 94.8 Å². The first-order valence-corrected chi connectivity index (χ1v) is 14.7. The largest absolute Gasteiger partial charge is 0.466 e. The van der Waals surface area contributed by atoms with E-state index < -0.39 is 19.7 Å². The number of methoxy groups -OCH3 is 1. The second kappa shape index (κ2) is 10.5. The number of carbonyl (C=O) groups is 3. The van der Waals surface area contributed by atoms with Crippen LogP contribution in [-0.4, -0.2) is 33.1 Å². The van der Waals surface area contributed by atoms with Gasteiger partial charge in [-0.3, -0.25) is 9.59 Å². The summed E-state index contributed by atoms with van der Waals surface area (Å²) in [4.78, 5) is 37.9. The van der Waals surface area contributed by atoms with Crippen molar-refractivity contribution in [2.45, 2.75) is 79.6 Å². The molecule has 0 fully saturated rings. The minimum atomic E-state index is -2.04. The number of Topliss-reactive ketones (excluding diaryl/α,β-unsaturated/α-hetero) is 1. The number of furan rings is 1. The number of amides is 1. The molecule has 1 N–H and O–H groups in total. The van der Waals surface area contributed by atoms with Gasteiger partial charge in [-0.25, -0.2) is 4.79 Å². The second-order valence-electron chi connectivity index (χ2n) is 11.4. The summed E-state index contributed by atoms with van der Waals surface area (Å²) < 4.78 is 17.2. The fourth-order valence-corrected chi connectivity index (χ4v) is 4.16. The van der Waals surface area contributed by atoms with E-state index in [4.69, 9.17) is 13.6 Å². The first-order chi connectivity index (χ1) is 16.0. The van der Waals surface area contributed by atoms with Crippen molar-refractivity contribution >= 4 is 31.7 Å².